The molecule has 0 aliphatic heterocycles. The third-order valence-electron chi connectivity index (χ3n) is 7.06. The molecule has 3 rings (SSSR count). The van der Waals surface area contributed by atoms with E-state index in [0.29, 0.717) is 28.2 Å². The second kappa shape index (κ2) is 14.9. The van der Waals surface area contributed by atoms with Crippen molar-refractivity contribution in [2.24, 2.45) is 0 Å². The number of aromatic nitrogens is 1. The van der Waals surface area contributed by atoms with Crippen LogP contribution in [-0.4, -0.2) is 72.9 Å². The Kier molecular flexibility index (Phi) is 12.1. The van der Waals surface area contributed by atoms with Crippen molar-refractivity contribution in [1.82, 2.24) is 9.88 Å². The Hall–Kier alpha value is -2.66. The highest BCUT2D eigenvalue weighted by atomic mass is 35.5. The molecule has 3 aromatic rings. The number of nitrogens with zero attached hydrogens (tertiary/aromatic N) is 3. The molecule has 234 valence electrons. The molecule has 1 aromatic heterocycles. The van der Waals surface area contributed by atoms with E-state index >= 15 is 0 Å². The second-order valence-electron chi connectivity index (χ2n) is 10.3. The largest absolute Gasteiger partial charge is 0.444 e. The number of ether oxygens (including phenoxy) is 1. The summed E-state index contributed by atoms with van der Waals surface area (Å²) >= 11 is 6.16. The maximum absolute atomic E-state index is 13.6. The smallest absolute Gasteiger partial charge is 0.414 e. The van der Waals surface area contributed by atoms with Crippen molar-refractivity contribution in [3.63, 3.8) is 0 Å². The monoisotopic (exact) mass is 655 g/mol. The lowest BCUT2D eigenvalue weighted by molar-refractivity contribution is 0.0980. The second-order valence-corrected chi connectivity index (χ2v) is 14.7. The molecule has 43 heavy (non-hydrogen) atoms. The van der Waals surface area contributed by atoms with Crippen LogP contribution in [0, 0.1) is 0 Å². The van der Waals surface area contributed by atoms with E-state index in [9.17, 15) is 38.3 Å². The van der Waals surface area contributed by atoms with Crippen LogP contribution in [0.5, 0.6) is 0 Å². The van der Waals surface area contributed by atoms with Crippen LogP contribution in [0.1, 0.15) is 49.0 Å². The summed E-state index contributed by atoms with van der Waals surface area (Å²) in [6.45, 7) is 5.65. The normalized spacial score (nSPS) is 13.0. The van der Waals surface area contributed by atoms with Crippen LogP contribution in [0.15, 0.2) is 54.7 Å². The average molecular weight is 656 g/mol. The van der Waals surface area contributed by atoms with E-state index in [1.807, 2.05) is 14.0 Å². The first-order valence-electron chi connectivity index (χ1n) is 13.5. The van der Waals surface area contributed by atoms with Gasteiger partial charge in [-0.25, -0.2) is 4.79 Å². The quantitative estimate of drug-likeness (QED) is 0.129. The van der Waals surface area contributed by atoms with Gasteiger partial charge in [0, 0.05) is 34.6 Å². The van der Waals surface area contributed by atoms with Crippen LogP contribution < -0.4 is 4.90 Å². The minimum absolute atomic E-state index is 0.00353. The zero-order valence-electron chi connectivity index (χ0n) is 24.0. The van der Waals surface area contributed by atoms with Crippen molar-refractivity contribution in [2.45, 2.75) is 51.2 Å². The number of carbonyl (C=O) groups excluding carboxylic acids is 2. The van der Waals surface area contributed by atoms with Gasteiger partial charge in [-0.2, -0.15) is 0 Å². The topological polar surface area (TPSA) is 178 Å². The lowest BCUT2D eigenvalue weighted by Crippen LogP contribution is -2.39. The molecule has 0 fully saturated rings. The van der Waals surface area contributed by atoms with E-state index in [1.165, 1.54) is 24.3 Å². The summed E-state index contributed by atoms with van der Waals surface area (Å²) in [5.74, 6) is -0.849. The summed E-state index contributed by atoms with van der Waals surface area (Å²) in [4.78, 5) is 71.4. The SMILES string of the molecule is CCN(C)CCCC(C)N(C(=O)OCc1ccc(C(=O)CC(P(=O)(O)O)P(=O)(O)O)cc1)c1ccnc2cc(Cl)ccc12. The minimum Gasteiger partial charge on any atom is -0.444 e. The highest BCUT2D eigenvalue weighted by molar-refractivity contribution is 7.70. The van der Waals surface area contributed by atoms with Gasteiger partial charge in [0.25, 0.3) is 0 Å². The first kappa shape index (κ1) is 34.8. The van der Waals surface area contributed by atoms with Crippen LogP contribution >= 0.6 is 26.8 Å². The molecule has 15 heteroatoms. The predicted octanol–water partition coefficient (Wildman–Crippen LogP) is 5.41. The Labute approximate surface area is 254 Å². The summed E-state index contributed by atoms with van der Waals surface area (Å²) in [7, 11) is -8.44. The van der Waals surface area contributed by atoms with Crippen molar-refractivity contribution in [1.29, 1.82) is 0 Å². The maximum Gasteiger partial charge on any atom is 0.414 e. The molecule has 0 saturated heterocycles. The number of anilines is 1. The number of halogens is 1. The summed E-state index contributed by atoms with van der Waals surface area (Å²) in [6, 6.07) is 12.4. The highest BCUT2D eigenvalue weighted by Gasteiger charge is 2.44. The van der Waals surface area contributed by atoms with Crippen molar-refractivity contribution in [3.05, 3.63) is 70.9 Å². The van der Waals surface area contributed by atoms with Crippen molar-refractivity contribution >= 4 is 55.3 Å². The third-order valence-corrected chi connectivity index (χ3v) is 11.0. The zero-order chi connectivity index (χ0) is 31.9. The van der Waals surface area contributed by atoms with Crippen LogP contribution in [0.4, 0.5) is 10.5 Å². The van der Waals surface area contributed by atoms with E-state index in [2.05, 4.69) is 16.8 Å². The van der Waals surface area contributed by atoms with E-state index in [1.54, 1.807) is 35.4 Å². The maximum atomic E-state index is 13.6. The third kappa shape index (κ3) is 9.66. The number of Topliss-reactive ketones (excluding diaryl/α,β-unsaturated/α-hetero) is 1. The molecule has 12 nitrogen and oxygen atoms in total. The number of hydrogen-bond acceptors (Lipinski definition) is 7. The van der Waals surface area contributed by atoms with E-state index in [-0.39, 0.29) is 18.2 Å². The molecule has 1 unspecified atom stereocenters. The fourth-order valence-electron chi connectivity index (χ4n) is 4.49. The molecule has 2 aromatic carbocycles. The number of ketones is 1. The van der Waals surface area contributed by atoms with Gasteiger partial charge in [-0.05, 0) is 69.7 Å². The Morgan fingerprint density at radius 1 is 1.02 bits per heavy atom. The van der Waals surface area contributed by atoms with Crippen molar-refractivity contribution in [2.75, 3.05) is 25.0 Å². The van der Waals surface area contributed by atoms with Gasteiger partial charge in [0.15, 0.2) is 11.2 Å². The highest BCUT2D eigenvalue weighted by Crippen LogP contribution is 2.61. The van der Waals surface area contributed by atoms with Gasteiger partial charge in [0.05, 0.1) is 11.2 Å². The predicted molar refractivity (Wildman–Crippen MR) is 165 cm³/mol. The molecule has 0 radical (unpaired) electrons. The zero-order valence-corrected chi connectivity index (χ0v) is 26.6. The molecule has 0 aliphatic carbocycles. The molecule has 0 aliphatic rings. The molecule has 0 spiro atoms. The van der Waals surface area contributed by atoms with Crippen LogP contribution in [-0.2, 0) is 20.5 Å². The van der Waals surface area contributed by atoms with Gasteiger partial charge < -0.3 is 29.2 Å². The molecule has 1 atom stereocenters. The summed E-state index contributed by atoms with van der Waals surface area (Å²) in [5, 5.41) is -1.18. The summed E-state index contributed by atoms with van der Waals surface area (Å²) < 4.78 is 28.7. The number of benzene rings is 2. The van der Waals surface area contributed by atoms with E-state index < -0.39 is 38.9 Å². The van der Waals surface area contributed by atoms with Crippen molar-refractivity contribution < 1.29 is 43.0 Å². The summed E-state index contributed by atoms with van der Waals surface area (Å²) in [5.41, 5.74) is 1.76. The molecular weight excluding hydrogens is 620 g/mol. The molecule has 1 amide bonds. The standard InChI is InChI=1S/C28H36ClN3O9P2/c1-4-31(3)15-5-6-19(2)32(25-13-14-30-24-16-22(29)11-12-23(24)25)28(34)41-18-20-7-9-21(10-8-20)26(33)17-27(42(35,36)37)43(38,39)40/h7-14,16,19,27H,4-6,15,17-18H2,1-3H3,(H2,35,36,37)(H2,38,39,40). The Morgan fingerprint density at radius 2 is 1.67 bits per heavy atom. The van der Waals surface area contributed by atoms with Gasteiger partial charge >= 0.3 is 21.3 Å². The number of hydrogen-bond donors (Lipinski definition) is 4. The lowest BCUT2D eigenvalue weighted by Gasteiger charge is -2.30. The number of pyridine rings is 1. The summed E-state index contributed by atoms with van der Waals surface area (Å²) in [6.07, 6.45) is 1.53. The molecule has 0 saturated carbocycles. The molecule has 1 heterocycles. The van der Waals surface area contributed by atoms with Gasteiger partial charge in [-0.1, -0.05) is 42.8 Å². The lowest BCUT2D eigenvalue weighted by atomic mass is 10.1. The number of carbonyl (C=O) groups is 2. The van der Waals surface area contributed by atoms with E-state index in [0.717, 1.165) is 24.9 Å². The van der Waals surface area contributed by atoms with Gasteiger partial charge in [-0.3, -0.25) is 23.8 Å². The molecular formula is C28H36ClN3O9P2. The van der Waals surface area contributed by atoms with Crippen LogP contribution in [0.25, 0.3) is 10.9 Å². The number of amides is 1. The average Bonchev–Trinajstić information content (AvgIpc) is 2.93. The first-order chi connectivity index (χ1) is 20.1. The molecule has 4 N–H and O–H groups in total. The van der Waals surface area contributed by atoms with Crippen LogP contribution in [0.3, 0.4) is 0 Å². The number of rotatable bonds is 14. The number of fused-ring (bicyclic) bond motifs is 1. The Morgan fingerprint density at radius 3 is 2.28 bits per heavy atom. The van der Waals surface area contributed by atoms with Crippen molar-refractivity contribution in [3.8, 4) is 0 Å². The Bertz CT molecular complexity index is 1510. The van der Waals surface area contributed by atoms with E-state index in [4.69, 9.17) is 16.3 Å². The minimum atomic E-state index is -5.24. The van der Waals surface area contributed by atoms with Gasteiger partial charge in [-0.15, -0.1) is 0 Å². The van der Waals surface area contributed by atoms with Crippen LogP contribution in [0.2, 0.25) is 5.02 Å². The fraction of sp³-hybridized carbons (Fsp3) is 0.393. The van der Waals surface area contributed by atoms with Gasteiger partial charge in [0.1, 0.15) is 6.61 Å². The van der Waals surface area contributed by atoms with Gasteiger partial charge in [0.2, 0.25) is 0 Å². The molecule has 0 bridgehead atoms. The Balaban J connectivity index is 1.77. The fourth-order valence-corrected chi connectivity index (χ4v) is 7.04. The first-order valence-corrected chi connectivity index (χ1v) is 17.3.